The Morgan fingerprint density at radius 2 is 2.16 bits per heavy atom. The summed E-state index contributed by atoms with van der Waals surface area (Å²) in [4.78, 5) is 4.15. The fourth-order valence-electron chi connectivity index (χ4n) is 2.42. The van der Waals surface area contributed by atoms with E-state index in [2.05, 4.69) is 20.9 Å². The second kappa shape index (κ2) is 4.94. The molecular weight excluding hydrogens is 306 g/mol. The predicted molar refractivity (Wildman–Crippen MR) is 76.1 cm³/mol. The number of hydrogen-bond acceptors (Lipinski definition) is 3. The molecule has 98 valence electrons. The van der Waals surface area contributed by atoms with Crippen molar-refractivity contribution in [2.75, 3.05) is 0 Å². The molecular formula is C15H14BrNO2. The summed E-state index contributed by atoms with van der Waals surface area (Å²) < 4.78 is 6.97. The molecule has 1 aromatic carbocycles. The zero-order valence-electron chi connectivity index (χ0n) is 10.5. The van der Waals surface area contributed by atoms with Crippen molar-refractivity contribution >= 4 is 15.9 Å². The highest BCUT2D eigenvalue weighted by Crippen LogP contribution is 2.42. The molecule has 1 aromatic heterocycles. The third kappa shape index (κ3) is 2.38. The van der Waals surface area contributed by atoms with Crippen LogP contribution in [-0.2, 0) is 0 Å². The molecule has 0 radical (unpaired) electrons. The first-order valence-corrected chi connectivity index (χ1v) is 6.99. The number of rotatable bonds is 1. The van der Waals surface area contributed by atoms with Crippen molar-refractivity contribution in [2.45, 2.75) is 25.6 Å². The van der Waals surface area contributed by atoms with Crippen LogP contribution >= 0.6 is 15.9 Å². The van der Waals surface area contributed by atoms with Gasteiger partial charge in [0, 0.05) is 34.4 Å². The molecule has 3 nitrogen and oxygen atoms in total. The molecule has 0 amide bonds. The van der Waals surface area contributed by atoms with Gasteiger partial charge in [-0.2, -0.15) is 0 Å². The first-order chi connectivity index (χ1) is 9.15. The zero-order chi connectivity index (χ0) is 13.4. The number of hydrogen-bond donors (Lipinski definition) is 1. The average molecular weight is 320 g/mol. The molecule has 0 saturated heterocycles. The van der Waals surface area contributed by atoms with Crippen LogP contribution in [0.1, 0.15) is 35.3 Å². The summed E-state index contributed by atoms with van der Waals surface area (Å²) in [6, 6.07) is 7.68. The number of aryl methyl sites for hydroxylation is 1. The number of nitrogens with zero attached hydrogens (tertiary/aromatic N) is 1. The molecule has 0 fully saturated rings. The first kappa shape index (κ1) is 12.6. The highest BCUT2D eigenvalue weighted by molar-refractivity contribution is 9.10. The van der Waals surface area contributed by atoms with Crippen molar-refractivity contribution in [3.05, 3.63) is 57.8 Å². The third-order valence-electron chi connectivity index (χ3n) is 3.47. The van der Waals surface area contributed by atoms with Gasteiger partial charge in [-0.3, -0.25) is 4.98 Å². The monoisotopic (exact) mass is 319 g/mol. The summed E-state index contributed by atoms with van der Waals surface area (Å²) in [6.07, 6.45) is 3.49. The van der Waals surface area contributed by atoms with Gasteiger partial charge in [-0.25, -0.2) is 0 Å². The first-order valence-electron chi connectivity index (χ1n) is 6.20. The van der Waals surface area contributed by atoms with Gasteiger partial charge in [0.15, 0.2) is 0 Å². The molecule has 0 bridgehead atoms. The predicted octanol–water partition coefficient (Wildman–Crippen LogP) is 3.71. The summed E-state index contributed by atoms with van der Waals surface area (Å²) in [5, 5.41) is 10.3. The topological polar surface area (TPSA) is 42.4 Å². The van der Waals surface area contributed by atoms with Gasteiger partial charge < -0.3 is 9.84 Å². The lowest BCUT2D eigenvalue weighted by Gasteiger charge is -2.30. The average Bonchev–Trinajstić information content (AvgIpc) is 2.38. The van der Waals surface area contributed by atoms with Crippen LogP contribution in [0.15, 0.2) is 41.1 Å². The molecule has 3 rings (SSSR count). The Labute approximate surface area is 120 Å². The molecule has 1 aliphatic heterocycles. The van der Waals surface area contributed by atoms with Crippen molar-refractivity contribution in [1.82, 2.24) is 4.98 Å². The number of aliphatic hydroxyl groups excluding tert-OH is 1. The van der Waals surface area contributed by atoms with Crippen molar-refractivity contribution in [3.8, 4) is 5.75 Å². The standard InChI is InChI=1S/C15H14BrNO2/c1-9-4-5-17-8-12(9)15-7-13(18)11-3-2-10(16)6-14(11)19-15/h2-6,8,13,15,18H,7H2,1H3. The summed E-state index contributed by atoms with van der Waals surface area (Å²) in [7, 11) is 0. The minimum atomic E-state index is -0.499. The van der Waals surface area contributed by atoms with Crippen LogP contribution in [0.3, 0.4) is 0 Å². The van der Waals surface area contributed by atoms with Crippen molar-refractivity contribution in [2.24, 2.45) is 0 Å². The van der Waals surface area contributed by atoms with Crippen molar-refractivity contribution in [3.63, 3.8) is 0 Å². The number of fused-ring (bicyclic) bond motifs is 1. The Hall–Kier alpha value is -1.39. The number of aromatic nitrogens is 1. The van der Waals surface area contributed by atoms with Crippen LogP contribution in [0, 0.1) is 6.92 Å². The number of halogens is 1. The molecule has 1 N–H and O–H groups in total. The van der Waals surface area contributed by atoms with Crippen LogP contribution in [0.2, 0.25) is 0 Å². The van der Waals surface area contributed by atoms with E-state index in [1.54, 1.807) is 6.20 Å². The maximum Gasteiger partial charge on any atom is 0.128 e. The number of ether oxygens (including phenoxy) is 1. The molecule has 1 aliphatic rings. The van der Waals surface area contributed by atoms with Crippen LogP contribution < -0.4 is 4.74 Å². The lowest BCUT2D eigenvalue weighted by molar-refractivity contribution is 0.0652. The fourth-order valence-corrected chi connectivity index (χ4v) is 2.76. The lowest BCUT2D eigenvalue weighted by atomic mass is 9.94. The third-order valence-corrected chi connectivity index (χ3v) is 3.96. The van der Waals surface area contributed by atoms with Gasteiger partial charge in [-0.1, -0.05) is 22.0 Å². The number of benzene rings is 1. The maximum absolute atomic E-state index is 10.3. The van der Waals surface area contributed by atoms with E-state index in [-0.39, 0.29) is 6.10 Å². The van der Waals surface area contributed by atoms with E-state index in [9.17, 15) is 5.11 Å². The highest BCUT2D eigenvalue weighted by atomic mass is 79.9. The summed E-state index contributed by atoms with van der Waals surface area (Å²) >= 11 is 3.43. The van der Waals surface area contributed by atoms with Gasteiger partial charge in [-0.05, 0) is 30.7 Å². The molecule has 19 heavy (non-hydrogen) atoms. The van der Waals surface area contributed by atoms with Crippen LogP contribution in [0.4, 0.5) is 0 Å². The molecule has 2 atom stereocenters. The molecule has 4 heteroatoms. The fraction of sp³-hybridized carbons (Fsp3) is 0.267. The van der Waals surface area contributed by atoms with E-state index in [0.29, 0.717) is 6.42 Å². The molecule has 2 unspecified atom stereocenters. The van der Waals surface area contributed by atoms with Gasteiger partial charge in [-0.15, -0.1) is 0 Å². The molecule has 2 aromatic rings. The van der Waals surface area contributed by atoms with E-state index < -0.39 is 6.10 Å². The Kier molecular flexibility index (Phi) is 3.29. The van der Waals surface area contributed by atoms with Gasteiger partial charge in [0.1, 0.15) is 11.9 Å². The molecule has 0 spiro atoms. The Balaban J connectivity index is 1.99. The molecule has 0 aliphatic carbocycles. The minimum Gasteiger partial charge on any atom is -0.485 e. The Morgan fingerprint density at radius 3 is 2.95 bits per heavy atom. The normalized spacial score (nSPS) is 21.6. The maximum atomic E-state index is 10.3. The van der Waals surface area contributed by atoms with E-state index in [1.807, 2.05) is 37.4 Å². The second-order valence-corrected chi connectivity index (χ2v) is 5.69. The van der Waals surface area contributed by atoms with Gasteiger partial charge in [0.25, 0.3) is 0 Å². The summed E-state index contributed by atoms with van der Waals surface area (Å²) in [5.41, 5.74) is 3.01. The highest BCUT2D eigenvalue weighted by Gasteiger charge is 2.29. The largest absolute Gasteiger partial charge is 0.485 e. The zero-order valence-corrected chi connectivity index (χ0v) is 12.1. The van der Waals surface area contributed by atoms with Crippen LogP contribution in [-0.4, -0.2) is 10.1 Å². The van der Waals surface area contributed by atoms with E-state index >= 15 is 0 Å². The number of pyridine rings is 1. The van der Waals surface area contributed by atoms with E-state index in [4.69, 9.17) is 4.74 Å². The van der Waals surface area contributed by atoms with Crippen molar-refractivity contribution in [1.29, 1.82) is 0 Å². The molecule has 2 heterocycles. The Morgan fingerprint density at radius 1 is 1.32 bits per heavy atom. The van der Waals surface area contributed by atoms with Gasteiger partial charge >= 0.3 is 0 Å². The van der Waals surface area contributed by atoms with E-state index in [0.717, 1.165) is 26.9 Å². The lowest BCUT2D eigenvalue weighted by Crippen LogP contribution is -2.19. The number of aliphatic hydroxyl groups is 1. The Bertz CT molecular complexity index is 615. The smallest absolute Gasteiger partial charge is 0.128 e. The van der Waals surface area contributed by atoms with Crippen molar-refractivity contribution < 1.29 is 9.84 Å². The molecule has 0 saturated carbocycles. The summed E-state index contributed by atoms with van der Waals surface area (Å²) in [5.74, 6) is 0.737. The van der Waals surface area contributed by atoms with Crippen LogP contribution in [0.25, 0.3) is 0 Å². The van der Waals surface area contributed by atoms with Crippen LogP contribution in [0.5, 0.6) is 5.75 Å². The quantitative estimate of drug-likeness (QED) is 0.871. The minimum absolute atomic E-state index is 0.148. The summed E-state index contributed by atoms with van der Waals surface area (Å²) in [6.45, 7) is 2.03. The second-order valence-electron chi connectivity index (χ2n) is 4.77. The SMILES string of the molecule is Cc1ccncc1C1CC(O)c2ccc(Br)cc2O1. The van der Waals surface area contributed by atoms with Gasteiger partial charge in [0.05, 0.1) is 6.10 Å². The van der Waals surface area contributed by atoms with Gasteiger partial charge in [0.2, 0.25) is 0 Å². The van der Waals surface area contributed by atoms with E-state index in [1.165, 1.54) is 0 Å².